The molecule has 0 saturated heterocycles. The van der Waals surface area contributed by atoms with Gasteiger partial charge >= 0.3 is 0 Å². The van der Waals surface area contributed by atoms with E-state index in [-0.39, 0.29) is 24.4 Å². The largest absolute Gasteiger partial charge is 0.352 e. The molecule has 174 valence electrons. The maximum atomic E-state index is 13.3. The van der Waals surface area contributed by atoms with Gasteiger partial charge in [0.15, 0.2) is 0 Å². The third kappa shape index (κ3) is 8.02. The number of nitrogens with zero attached hydrogens (tertiary/aromatic N) is 1. The van der Waals surface area contributed by atoms with Crippen molar-refractivity contribution in [3.8, 4) is 0 Å². The fourth-order valence-corrected chi connectivity index (χ4v) is 4.54. The first kappa shape index (κ1) is 26.6. The zero-order valence-electron chi connectivity index (χ0n) is 19.2. The standard InChI is InChI=1S/C25H32Cl2N2O2S/c1-5-18(4)28-25(31)23(6-2)29(16-19-9-10-20(26)15-22(19)27)24(30)13-14-32-21-11-7-17(3)8-12-21/h7-12,15,18,23H,5-6,13-14,16H2,1-4H3,(H,28,31)/t18-,23+/m0/s1. The van der Waals surface area contributed by atoms with Crippen molar-refractivity contribution in [3.05, 3.63) is 63.6 Å². The van der Waals surface area contributed by atoms with Gasteiger partial charge in [-0.1, -0.05) is 60.8 Å². The molecule has 0 radical (unpaired) electrons. The van der Waals surface area contributed by atoms with Crippen molar-refractivity contribution in [2.45, 2.75) is 70.5 Å². The molecule has 0 bridgehead atoms. The Hall–Kier alpha value is -1.69. The number of hydrogen-bond acceptors (Lipinski definition) is 3. The average molecular weight is 496 g/mol. The Bertz CT molecular complexity index is 905. The normalized spacial score (nSPS) is 12.8. The number of nitrogens with one attached hydrogen (secondary N) is 1. The lowest BCUT2D eigenvalue weighted by Gasteiger charge is -2.31. The van der Waals surface area contributed by atoms with Crippen LogP contribution in [-0.2, 0) is 16.1 Å². The van der Waals surface area contributed by atoms with E-state index in [1.165, 1.54) is 5.56 Å². The lowest BCUT2D eigenvalue weighted by molar-refractivity contribution is -0.141. The Morgan fingerprint density at radius 2 is 1.75 bits per heavy atom. The van der Waals surface area contributed by atoms with Crippen molar-refractivity contribution in [1.82, 2.24) is 10.2 Å². The molecule has 2 amide bonds. The molecule has 0 heterocycles. The van der Waals surface area contributed by atoms with Gasteiger partial charge in [0.2, 0.25) is 11.8 Å². The predicted octanol–water partition coefficient (Wildman–Crippen LogP) is 6.51. The number of hydrogen-bond donors (Lipinski definition) is 1. The lowest BCUT2D eigenvalue weighted by atomic mass is 10.1. The topological polar surface area (TPSA) is 49.4 Å². The lowest BCUT2D eigenvalue weighted by Crippen LogP contribution is -2.50. The van der Waals surface area contributed by atoms with Gasteiger partial charge in [0.1, 0.15) is 6.04 Å². The molecule has 2 aromatic carbocycles. The number of rotatable bonds is 11. The van der Waals surface area contributed by atoms with E-state index >= 15 is 0 Å². The highest BCUT2D eigenvalue weighted by molar-refractivity contribution is 7.99. The van der Waals surface area contributed by atoms with Gasteiger partial charge in [-0.05, 0) is 56.5 Å². The highest BCUT2D eigenvalue weighted by atomic mass is 35.5. The molecule has 2 rings (SSSR count). The van der Waals surface area contributed by atoms with Gasteiger partial charge in [0.25, 0.3) is 0 Å². The number of carbonyl (C=O) groups excluding carboxylic acids is 2. The SMILES string of the molecule is CC[C@H](C(=O)N[C@@H](C)CC)N(Cc1ccc(Cl)cc1Cl)C(=O)CCSc1ccc(C)cc1. The molecule has 0 spiro atoms. The number of amides is 2. The first-order chi connectivity index (χ1) is 15.2. The Morgan fingerprint density at radius 1 is 1.06 bits per heavy atom. The summed E-state index contributed by atoms with van der Waals surface area (Å²) in [6, 6.07) is 12.9. The summed E-state index contributed by atoms with van der Waals surface area (Å²) in [5.74, 6) is 0.434. The fraction of sp³-hybridized carbons (Fsp3) is 0.440. The molecular formula is C25H32Cl2N2O2S. The van der Waals surface area contributed by atoms with E-state index in [1.807, 2.05) is 33.8 Å². The van der Waals surface area contributed by atoms with Crippen molar-refractivity contribution in [2.24, 2.45) is 0 Å². The molecule has 0 aliphatic carbocycles. The van der Waals surface area contributed by atoms with E-state index in [0.717, 1.165) is 16.9 Å². The molecule has 2 atom stereocenters. The number of benzene rings is 2. The van der Waals surface area contributed by atoms with Crippen LogP contribution in [0.2, 0.25) is 10.0 Å². The maximum absolute atomic E-state index is 13.3. The monoisotopic (exact) mass is 494 g/mol. The molecule has 4 nitrogen and oxygen atoms in total. The van der Waals surface area contributed by atoms with Gasteiger partial charge in [0.05, 0.1) is 0 Å². The van der Waals surface area contributed by atoms with Crippen LogP contribution in [0.15, 0.2) is 47.4 Å². The van der Waals surface area contributed by atoms with Crippen LogP contribution >= 0.6 is 35.0 Å². The van der Waals surface area contributed by atoms with Gasteiger partial charge in [0, 0.05) is 39.7 Å². The highest BCUT2D eigenvalue weighted by Crippen LogP contribution is 2.25. The molecule has 7 heteroatoms. The Balaban J connectivity index is 2.17. The molecule has 1 N–H and O–H groups in total. The predicted molar refractivity (Wildman–Crippen MR) is 136 cm³/mol. The van der Waals surface area contributed by atoms with E-state index < -0.39 is 6.04 Å². The number of thioether (sulfide) groups is 1. The highest BCUT2D eigenvalue weighted by Gasteiger charge is 2.29. The van der Waals surface area contributed by atoms with E-state index in [1.54, 1.807) is 28.8 Å². The maximum Gasteiger partial charge on any atom is 0.243 e. The third-order valence-corrected chi connectivity index (χ3v) is 6.95. The van der Waals surface area contributed by atoms with Crippen LogP contribution in [0.4, 0.5) is 0 Å². The molecule has 0 aliphatic heterocycles. The van der Waals surface area contributed by atoms with Crippen LogP contribution in [0.5, 0.6) is 0 Å². The second-order valence-corrected chi connectivity index (χ2v) is 9.92. The number of halogens is 2. The first-order valence-electron chi connectivity index (χ1n) is 11.0. The van der Waals surface area contributed by atoms with E-state index in [0.29, 0.717) is 28.6 Å². The third-order valence-electron chi connectivity index (χ3n) is 5.35. The number of carbonyl (C=O) groups is 2. The molecule has 0 fully saturated rings. The van der Waals surface area contributed by atoms with Gasteiger partial charge < -0.3 is 10.2 Å². The van der Waals surface area contributed by atoms with Crippen molar-refractivity contribution >= 4 is 46.8 Å². The van der Waals surface area contributed by atoms with E-state index in [4.69, 9.17) is 23.2 Å². The molecule has 2 aromatic rings. The van der Waals surface area contributed by atoms with Crippen molar-refractivity contribution in [3.63, 3.8) is 0 Å². The molecule has 0 saturated carbocycles. The molecular weight excluding hydrogens is 463 g/mol. The number of aryl methyl sites for hydroxylation is 1. The summed E-state index contributed by atoms with van der Waals surface area (Å²) in [4.78, 5) is 29.1. The fourth-order valence-electron chi connectivity index (χ4n) is 3.23. The Labute approximate surface area is 206 Å². The van der Waals surface area contributed by atoms with Crippen LogP contribution in [0.3, 0.4) is 0 Å². The summed E-state index contributed by atoms with van der Waals surface area (Å²) in [5.41, 5.74) is 1.97. The molecule has 32 heavy (non-hydrogen) atoms. The van der Waals surface area contributed by atoms with E-state index in [2.05, 4.69) is 29.6 Å². The summed E-state index contributed by atoms with van der Waals surface area (Å²) in [7, 11) is 0. The molecule has 0 unspecified atom stereocenters. The van der Waals surface area contributed by atoms with Crippen LogP contribution in [0, 0.1) is 6.92 Å². The molecule has 0 aromatic heterocycles. The zero-order chi connectivity index (χ0) is 23.7. The van der Waals surface area contributed by atoms with Gasteiger partial charge in [-0.3, -0.25) is 9.59 Å². The summed E-state index contributed by atoms with van der Waals surface area (Å²) in [6.07, 6.45) is 1.67. The summed E-state index contributed by atoms with van der Waals surface area (Å²) >= 11 is 14.1. The van der Waals surface area contributed by atoms with Crippen LogP contribution < -0.4 is 5.32 Å². The van der Waals surface area contributed by atoms with Crippen LogP contribution in [-0.4, -0.2) is 34.6 Å². The van der Waals surface area contributed by atoms with E-state index in [9.17, 15) is 9.59 Å². The smallest absolute Gasteiger partial charge is 0.243 e. The second kappa shape index (κ2) is 13.1. The minimum Gasteiger partial charge on any atom is -0.352 e. The first-order valence-corrected chi connectivity index (χ1v) is 12.7. The zero-order valence-corrected chi connectivity index (χ0v) is 21.5. The second-order valence-electron chi connectivity index (χ2n) is 7.91. The van der Waals surface area contributed by atoms with Gasteiger partial charge in [-0.2, -0.15) is 0 Å². The van der Waals surface area contributed by atoms with Gasteiger partial charge in [-0.25, -0.2) is 0 Å². The average Bonchev–Trinajstić information content (AvgIpc) is 2.76. The summed E-state index contributed by atoms with van der Waals surface area (Å²) < 4.78 is 0. The molecule has 0 aliphatic rings. The van der Waals surface area contributed by atoms with Crippen LogP contribution in [0.1, 0.15) is 51.2 Å². The van der Waals surface area contributed by atoms with Crippen molar-refractivity contribution in [1.29, 1.82) is 0 Å². The van der Waals surface area contributed by atoms with Gasteiger partial charge in [-0.15, -0.1) is 11.8 Å². The van der Waals surface area contributed by atoms with Crippen molar-refractivity contribution in [2.75, 3.05) is 5.75 Å². The summed E-state index contributed by atoms with van der Waals surface area (Å²) in [6.45, 7) is 8.21. The van der Waals surface area contributed by atoms with Crippen molar-refractivity contribution < 1.29 is 9.59 Å². The minimum absolute atomic E-state index is 0.0460. The Morgan fingerprint density at radius 3 is 2.34 bits per heavy atom. The minimum atomic E-state index is -0.562. The summed E-state index contributed by atoms with van der Waals surface area (Å²) in [5, 5.41) is 4.04. The quantitative estimate of drug-likeness (QED) is 0.362. The Kier molecular flexibility index (Phi) is 10.9. The van der Waals surface area contributed by atoms with Crippen LogP contribution in [0.25, 0.3) is 0 Å².